The summed E-state index contributed by atoms with van der Waals surface area (Å²) in [6.07, 6.45) is 3.56. The standard InChI is InChI=1S/C14H22N6O2/c1-10(9-22-4)20-6-5-13(18-20)17-14(21)15-7-12-8-16-19(3)11(12)2/h5-6,8,10H,7,9H2,1-4H3,(H2,15,17,18,21)/t10-/m0/s1. The average molecular weight is 306 g/mol. The van der Waals surface area contributed by atoms with Crippen LogP contribution in [0.15, 0.2) is 18.5 Å². The predicted octanol–water partition coefficient (Wildman–Crippen LogP) is 1.45. The molecule has 2 N–H and O–H groups in total. The number of methoxy groups -OCH3 is 1. The van der Waals surface area contributed by atoms with Gasteiger partial charge in [0.15, 0.2) is 5.82 Å². The Morgan fingerprint density at radius 2 is 2.27 bits per heavy atom. The Bertz CT molecular complexity index is 633. The molecule has 0 aromatic carbocycles. The Morgan fingerprint density at radius 3 is 2.91 bits per heavy atom. The maximum atomic E-state index is 11.9. The van der Waals surface area contributed by atoms with Crippen molar-refractivity contribution < 1.29 is 9.53 Å². The van der Waals surface area contributed by atoms with E-state index in [4.69, 9.17) is 4.74 Å². The summed E-state index contributed by atoms with van der Waals surface area (Å²) in [6, 6.07) is 1.57. The van der Waals surface area contributed by atoms with Crippen molar-refractivity contribution in [3.63, 3.8) is 0 Å². The lowest BCUT2D eigenvalue weighted by atomic mass is 10.2. The van der Waals surface area contributed by atoms with Gasteiger partial charge in [-0.3, -0.25) is 14.7 Å². The molecule has 2 amide bonds. The molecule has 0 fully saturated rings. The highest BCUT2D eigenvalue weighted by atomic mass is 16.5. The fraction of sp³-hybridized carbons (Fsp3) is 0.500. The van der Waals surface area contributed by atoms with Gasteiger partial charge in [-0.25, -0.2) is 4.79 Å². The first-order chi connectivity index (χ1) is 10.5. The molecule has 0 spiro atoms. The molecule has 0 radical (unpaired) electrons. The summed E-state index contributed by atoms with van der Waals surface area (Å²) in [6.45, 7) is 4.94. The normalized spacial score (nSPS) is 12.2. The Hall–Kier alpha value is -2.35. The summed E-state index contributed by atoms with van der Waals surface area (Å²) >= 11 is 0. The Balaban J connectivity index is 1.86. The van der Waals surface area contributed by atoms with E-state index in [1.54, 1.807) is 28.7 Å². The monoisotopic (exact) mass is 306 g/mol. The number of nitrogens with one attached hydrogen (secondary N) is 2. The van der Waals surface area contributed by atoms with Crippen molar-refractivity contribution in [3.05, 3.63) is 29.7 Å². The fourth-order valence-electron chi connectivity index (χ4n) is 2.02. The van der Waals surface area contributed by atoms with Crippen LogP contribution in [0.4, 0.5) is 10.6 Å². The van der Waals surface area contributed by atoms with Gasteiger partial charge in [0.25, 0.3) is 0 Å². The van der Waals surface area contributed by atoms with E-state index in [2.05, 4.69) is 20.8 Å². The van der Waals surface area contributed by atoms with Crippen LogP contribution in [0.1, 0.15) is 24.2 Å². The molecular formula is C14H22N6O2. The molecule has 2 heterocycles. The number of hydrogen-bond acceptors (Lipinski definition) is 4. The van der Waals surface area contributed by atoms with Crippen molar-refractivity contribution in [3.8, 4) is 0 Å². The van der Waals surface area contributed by atoms with Gasteiger partial charge in [0, 0.05) is 44.2 Å². The molecule has 0 unspecified atom stereocenters. The SMILES string of the molecule is COC[C@H](C)n1ccc(NC(=O)NCc2cnn(C)c2C)n1. The van der Waals surface area contributed by atoms with Gasteiger partial charge in [-0.1, -0.05) is 0 Å². The molecule has 2 aromatic rings. The lowest BCUT2D eigenvalue weighted by Gasteiger charge is -2.10. The second kappa shape index (κ2) is 7.08. The predicted molar refractivity (Wildman–Crippen MR) is 82.6 cm³/mol. The Labute approximate surface area is 129 Å². The van der Waals surface area contributed by atoms with Gasteiger partial charge in [-0.15, -0.1) is 0 Å². The van der Waals surface area contributed by atoms with Crippen molar-refractivity contribution in [2.45, 2.75) is 26.4 Å². The van der Waals surface area contributed by atoms with Crippen LogP contribution in [-0.4, -0.2) is 39.3 Å². The number of hydrogen-bond donors (Lipinski definition) is 2. The van der Waals surface area contributed by atoms with Gasteiger partial charge < -0.3 is 10.1 Å². The lowest BCUT2D eigenvalue weighted by Crippen LogP contribution is -2.28. The van der Waals surface area contributed by atoms with Gasteiger partial charge >= 0.3 is 6.03 Å². The molecule has 0 aliphatic rings. The van der Waals surface area contributed by atoms with E-state index in [1.807, 2.05) is 27.1 Å². The summed E-state index contributed by atoms with van der Waals surface area (Å²) in [5, 5.41) is 13.9. The van der Waals surface area contributed by atoms with Crippen LogP contribution < -0.4 is 10.6 Å². The molecule has 22 heavy (non-hydrogen) atoms. The number of nitrogens with zero attached hydrogens (tertiary/aromatic N) is 4. The summed E-state index contributed by atoms with van der Waals surface area (Å²) in [5.41, 5.74) is 2.01. The van der Waals surface area contributed by atoms with Crippen LogP contribution in [0.3, 0.4) is 0 Å². The molecule has 0 saturated heterocycles. The second-order valence-corrected chi connectivity index (χ2v) is 5.17. The number of urea groups is 1. The average Bonchev–Trinajstić information content (AvgIpc) is 3.06. The highest BCUT2D eigenvalue weighted by Gasteiger charge is 2.10. The number of aromatic nitrogens is 4. The number of carbonyl (C=O) groups excluding carboxylic acids is 1. The molecule has 2 aromatic heterocycles. The number of carbonyl (C=O) groups is 1. The molecule has 0 aliphatic carbocycles. The quantitative estimate of drug-likeness (QED) is 0.846. The topological polar surface area (TPSA) is 86.0 Å². The van der Waals surface area contributed by atoms with Crippen LogP contribution in [0.5, 0.6) is 0 Å². The zero-order chi connectivity index (χ0) is 16.1. The van der Waals surface area contributed by atoms with Crippen LogP contribution in [-0.2, 0) is 18.3 Å². The minimum Gasteiger partial charge on any atom is -0.382 e. The lowest BCUT2D eigenvalue weighted by molar-refractivity contribution is 0.157. The van der Waals surface area contributed by atoms with Crippen molar-refractivity contribution in [2.24, 2.45) is 7.05 Å². The molecular weight excluding hydrogens is 284 g/mol. The molecule has 1 atom stereocenters. The minimum atomic E-state index is -0.298. The number of anilines is 1. The molecule has 0 saturated carbocycles. The van der Waals surface area contributed by atoms with E-state index in [1.165, 1.54) is 0 Å². The summed E-state index contributed by atoms with van der Waals surface area (Å²) in [7, 11) is 3.51. The smallest absolute Gasteiger partial charge is 0.320 e. The fourth-order valence-corrected chi connectivity index (χ4v) is 2.02. The summed E-state index contributed by atoms with van der Waals surface area (Å²) < 4.78 is 8.61. The van der Waals surface area contributed by atoms with Crippen molar-refractivity contribution in [1.82, 2.24) is 24.9 Å². The van der Waals surface area contributed by atoms with E-state index < -0.39 is 0 Å². The van der Waals surface area contributed by atoms with Gasteiger partial charge in [0.05, 0.1) is 18.8 Å². The third-order valence-electron chi connectivity index (χ3n) is 3.49. The second-order valence-electron chi connectivity index (χ2n) is 5.17. The highest BCUT2D eigenvalue weighted by molar-refractivity contribution is 5.88. The maximum absolute atomic E-state index is 11.9. The highest BCUT2D eigenvalue weighted by Crippen LogP contribution is 2.09. The molecule has 8 nitrogen and oxygen atoms in total. The largest absolute Gasteiger partial charge is 0.382 e. The summed E-state index contributed by atoms with van der Waals surface area (Å²) in [4.78, 5) is 11.9. The number of rotatable bonds is 6. The Kier molecular flexibility index (Phi) is 5.16. The van der Waals surface area contributed by atoms with Crippen molar-refractivity contribution in [1.29, 1.82) is 0 Å². The molecule has 0 aliphatic heterocycles. The minimum absolute atomic E-state index is 0.113. The first-order valence-electron chi connectivity index (χ1n) is 7.07. The number of aryl methyl sites for hydroxylation is 1. The van der Waals surface area contributed by atoms with Crippen LogP contribution >= 0.6 is 0 Å². The van der Waals surface area contributed by atoms with E-state index >= 15 is 0 Å². The van der Waals surface area contributed by atoms with Crippen LogP contribution in [0.25, 0.3) is 0 Å². The maximum Gasteiger partial charge on any atom is 0.320 e. The van der Waals surface area contributed by atoms with Gasteiger partial charge in [-0.05, 0) is 13.8 Å². The molecule has 2 rings (SSSR count). The third-order valence-corrected chi connectivity index (χ3v) is 3.49. The van der Waals surface area contributed by atoms with E-state index in [9.17, 15) is 4.79 Å². The molecule has 120 valence electrons. The Morgan fingerprint density at radius 1 is 1.50 bits per heavy atom. The molecule has 8 heteroatoms. The van der Waals surface area contributed by atoms with Crippen molar-refractivity contribution >= 4 is 11.8 Å². The summed E-state index contributed by atoms with van der Waals surface area (Å²) in [5.74, 6) is 0.503. The first-order valence-corrected chi connectivity index (χ1v) is 7.07. The van der Waals surface area contributed by atoms with E-state index in [0.717, 1.165) is 11.3 Å². The zero-order valence-corrected chi connectivity index (χ0v) is 13.3. The zero-order valence-electron chi connectivity index (χ0n) is 13.3. The van der Waals surface area contributed by atoms with Gasteiger partial charge in [0.1, 0.15) is 0 Å². The van der Waals surface area contributed by atoms with Gasteiger partial charge in [0.2, 0.25) is 0 Å². The van der Waals surface area contributed by atoms with Crippen LogP contribution in [0, 0.1) is 6.92 Å². The van der Waals surface area contributed by atoms with Crippen molar-refractivity contribution in [2.75, 3.05) is 19.0 Å². The number of amides is 2. The number of ether oxygens (including phenoxy) is 1. The molecule has 0 bridgehead atoms. The van der Waals surface area contributed by atoms with Crippen LogP contribution in [0.2, 0.25) is 0 Å². The van der Waals surface area contributed by atoms with E-state index in [-0.39, 0.29) is 12.1 Å². The third kappa shape index (κ3) is 3.85. The first kappa shape index (κ1) is 16.0. The van der Waals surface area contributed by atoms with Gasteiger partial charge in [-0.2, -0.15) is 10.2 Å². The van der Waals surface area contributed by atoms with E-state index in [0.29, 0.717) is 19.0 Å².